The second-order valence-electron chi connectivity index (χ2n) is 3.84. The second kappa shape index (κ2) is 7.00. The Balaban J connectivity index is 2.45. The van der Waals surface area contributed by atoms with Crippen molar-refractivity contribution >= 4 is 11.6 Å². The summed E-state index contributed by atoms with van der Waals surface area (Å²) in [5.74, 6) is 1.50. The number of rotatable bonds is 7. The molecular formula is C11H20N4O. The smallest absolute Gasteiger partial charge is 0.168 e. The molecule has 5 nitrogen and oxygen atoms in total. The van der Waals surface area contributed by atoms with Gasteiger partial charge in [-0.1, -0.05) is 13.3 Å². The van der Waals surface area contributed by atoms with Crippen molar-refractivity contribution in [2.75, 3.05) is 24.2 Å². The zero-order valence-corrected chi connectivity index (χ0v) is 9.69. The summed E-state index contributed by atoms with van der Waals surface area (Å²) in [6, 6.07) is 0. The summed E-state index contributed by atoms with van der Waals surface area (Å²) in [4.78, 5) is 8.06. The lowest BCUT2D eigenvalue weighted by Gasteiger charge is -2.16. The minimum absolute atomic E-state index is 0.225. The van der Waals surface area contributed by atoms with E-state index in [1.54, 1.807) is 12.4 Å². The molecular weight excluding hydrogens is 204 g/mol. The molecule has 1 unspecified atom stereocenters. The largest absolute Gasteiger partial charge is 0.396 e. The van der Waals surface area contributed by atoms with Gasteiger partial charge < -0.3 is 16.2 Å². The highest BCUT2D eigenvalue weighted by Gasteiger charge is 2.08. The number of nitrogens with zero attached hydrogens (tertiary/aromatic N) is 2. The lowest BCUT2D eigenvalue weighted by Crippen LogP contribution is -2.17. The minimum atomic E-state index is 0.225. The van der Waals surface area contributed by atoms with Gasteiger partial charge in [-0.3, -0.25) is 0 Å². The van der Waals surface area contributed by atoms with Crippen molar-refractivity contribution < 1.29 is 5.11 Å². The second-order valence-corrected chi connectivity index (χ2v) is 3.84. The Bertz CT molecular complexity index is 300. The molecule has 0 amide bonds. The molecule has 16 heavy (non-hydrogen) atoms. The van der Waals surface area contributed by atoms with Gasteiger partial charge in [-0.2, -0.15) is 0 Å². The molecule has 4 N–H and O–H groups in total. The van der Waals surface area contributed by atoms with Gasteiger partial charge in [0.25, 0.3) is 0 Å². The van der Waals surface area contributed by atoms with Crippen LogP contribution in [0.4, 0.5) is 11.6 Å². The lowest BCUT2D eigenvalue weighted by molar-refractivity contribution is 0.255. The average molecular weight is 224 g/mol. The van der Waals surface area contributed by atoms with E-state index in [1.807, 2.05) is 0 Å². The maximum atomic E-state index is 8.93. The summed E-state index contributed by atoms with van der Waals surface area (Å²) in [6.45, 7) is 3.14. The van der Waals surface area contributed by atoms with Crippen molar-refractivity contribution in [3.05, 3.63) is 12.4 Å². The van der Waals surface area contributed by atoms with Crippen molar-refractivity contribution in [3.63, 3.8) is 0 Å². The van der Waals surface area contributed by atoms with Crippen LogP contribution in [-0.4, -0.2) is 28.2 Å². The molecule has 1 aromatic rings. The molecule has 0 saturated carbocycles. The Morgan fingerprint density at radius 2 is 2.12 bits per heavy atom. The van der Waals surface area contributed by atoms with Crippen molar-refractivity contribution in [1.82, 2.24) is 9.97 Å². The zero-order valence-electron chi connectivity index (χ0n) is 9.69. The van der Waals surface area contributed by atoms with E-state index in [0.717, 1.165) is 25.8 Å². The van der Waals surface area contributed by atoms with E-state index < -0.39 is 0 Å². The van der Waals surface area contributed by atoms with Crippen LogP contribution in [0.3, 0.4) is 0 Å². The van der Waals surface area contributed by atoms with Gasteiger partial charge in [0.2, 0.25) is 0 Å². The Kier molecular flexibility index (Phi) is 5.56. The van der Waals surface area contributed by atoms with Gasteiger partial charge in [-0.05, 0) is 18.8 Å². The van der Waals surface area contributed by atoms with Crippen molar-refractivity contribution in [3.8, 4) is 0 Å². The quantitative estimate of drug-likeness (QED) is 0.649. The number of hydrogen-bond acceptors (Lipinski definition) is 5. The predicted molar refractivity (Wildman–Crippen MR) is 65.0 cm³/mol. The first-order valence-corrected chi connectivity index (χ1v) is 5.69. The molecule has 0 fully saturated rings. The third kappa shape index (κ3) is 4.02. The van der Waals surface area contributed by atoms with Gasteiger partial charge in [-0.15, -0.1) is 0 Å². The summed E-state index contributed by atoms with van der Waals surface area (Å²) < 4.78 is 0. The molecule has 5 heteroatoms. The third-order valence-corrected chi connectivity index (χ3v) is 2.52. The highest BCUT2D eigenvalue weighted by atomic mass is 16.3. The Labute approximate surface area is 96.1 Å². The van der Waals surface area contributed by atoms with E-state index in [9.17, 15) is 0 Å². The third-order valence-electron chi connectivity index (χ3n) is 2.52. The number of aromatic nitrogens is 2. The maximum Gasteiger partial charge on any atom is 0.168 e. The minimum Gasteiger partial charge on any atom is -0.396 e. The van der Waals surface area contributed by atoms with Crippen LogP contribution < -0.4 is 11.1 Å². The van der Waals surface area contributed by atoms with E-state index in [0.29, 0.717) is 17.6 Å². The van der Waals surface area contributed by atoms with Gasteiger partial charge in [0.1, 0.15) is 0 Å². The number of aliphatic hydroxyl groups is 1. The zero-order chi connectivity index (χ0) is 11.8. The number of hydrogen-bond donors (Lipinski definition) is 3. The fraction of sp³-hybridized carbons (Fsp3) is 0.636. The fourth-order valence-electron chi connectivity index (χ4n) is 1.67. The number of nitrogen functional groups attached to an aromatic ring is 1. The Hall–Kier alpha value is -1.36. The summed E-state index contributed by atoms with van der Waals surface area (Å²) in [7, 11) is 0. The van der Waals surface area contributed by atoms with E-state index in [1.165, 1.54) is 0 Å². The Morgan fingerprint density at radius 3 is 2.75 bits per heavy atom. The van der Waals surface area contributed by atoms with Gasteiger partial charge in [0.15, 0.2) is 11.6 Å². The fourth-order valence-corrected chi connectivity index (χ4v) is 1.67. The monoisotopic (exact) mass is 224 g/mol. The highest BCUT2D eigenvalue weighted by Crippen LogP contribution is 2.14. The van der Waals surface area contributed by atoms with Crippen molar-refractivity contribution in [2.45, 2.75) is 26.2 Å². The number of nitrogens with one attached hydrogen (secondary N) is 1. The van der Waals surface area contributed by atoms with E-state index >= 15 is 0 Å². The Morgan fingerprint density at radius 1 is 1.38 bits per heavy atom. The van der Waals surface area contributed by atoms with Crippen LogP contribution in [0.25, 0.3) is 0 Å². The number of aliphatic hydroxyl groups excluding tert-OH is 1. The molecule has 0 spiro atoms. The molecule has 0 aliphatic rings. The van der Waals surface area contributed by atoms with Crippen LogP contribution in [0.2, 0.25) is 0 Å². The lowest BCUT2D eigenvalue weighted by atomic mass is 10.0. The van der Waals surface area contributed by atoms with Crippen molar-refractivity contribution in [1.29, 1.82) is 0 Å². The average Bonchev–Trinajstić information content (AvgIpc) is 2.28. The highest BCUT2D eigenvalue weighted by molar-refractivity contribution is 5.54. The predicted octanol–water partition coefficient (Wildman–Crippen LogP) is 1.27. The van der Waals surface area contributed by atoms with E-state index in [-0.39, 0.29) is 6.61 Å². The maximum absolute atomic E-state index is 8.93. The molecule has 0 aliphatic heterocycles. The topological polar surface area (TPSA) is 84.1 Å². The SMILES string of the molecule is CCCC(CCO)CNc1nccnc1N. The summed E-state index contributed by atoms with van der Waals surface area (Å²) in [5, 5.41) is 12.1. The van der Waals surface area contributed by atoms with E-state index in [4.69, 9.17) is 10.8 Å². The first kappa shape index (κ1) is 12.7. The van der Waals surface area contributed by atoms with Crippen LogP contribution in [0.1, 0.15) is 26.2 Å². The summed E-state index contributed by atoms with van der Waals surface area (Å²) >= 11 is 0. The van der Waals surface area contributed by atoms with Gasteiger partial charge in [0, 0.05) is 25.5 Å². The first-order chi connectivity index (χ1) is 7.77. The number of nitrogens with two attached hydrogens (primary N) is 1. The molecule has 1 rings (SSSR count). The van der Waals surface area contributed by atoms with Gasteiger partial charge >= 0.3 is 0 Å². The van der Waals surface area contributed by atoms with Crippen LogP contribution in [0.15, 0.2) is 12.4 Å². The molecule has 0 aromatic carbocycles. The molecule has 0 radical (unpaired) electrons. The van der Waals surface area contributed by atoms with Crippen LogP contribution >= 0.6 is 0 Å². The first-order valence-electron chi connectivity index (χ1n) is 5.69. The molecule has 1 heterocycles. The molecule has 90 valence electrons. The number of anilines is 2. The molecule has 0 bridgehead atoms. The molecule has 1 aromatic heterocycles. The van der Waals surface area contributed by atoms with E-state index in [2.05, 4.69) is 22.2 Å². The van der Waals surface area contributed by atoms with Crippen LogP contribution in [0, 0.1) is 5.92 Å². The van der Waals surface area contributed by atoms with Gasteiger partial charge in [0.05, 0.1) is 0 Å². The van der Waals surface area contributed by atoms with Crippen molar-refractivity contribution in [2.24, 2.45) is 5.92 Å². The molecule has 0 aliphatic carbocycles. The molecule has 1 atom stereocenters. The summed E-state index contributed by atoms with van der Waals surface area (Å²) in [5.41, 5.74) is 5.67. The molecule has 0 saturated heterocycles. The standard InChI is InChI=1S/C11H20N4O/c1-2-3-9(4-7-16)8-15-11-10(12)13-5-6-14-11/h5-6,9,16H,2-4,7-8H2,1H3,(H2,12,13)(H,14,15). The van der Waals surface area contributed by atoms with Crippen LogP contribution in [0.5, 0.6) is 0 Å². The van der Waals surface area contributed by atoms with Crippen LogP contribution in [-0.2, 0) is 0 Å². The summed E-state index contributed by atoms with van der Waals surface area (Å²) in [6.07, 6.45) is 6.19. The van der Waals surface area contributed by atoms with Gasteiger partial charge in [-0.25, -0.2) is 9.97 Å². The normalized spacial score (nSPS) is 12.4.